The molecule has 3 aromatic carbocycles. The maximum Gasteiger partial charge on any atom is 0.281 e. The molecule has 0 saturated heterocycles. The van der Waals surface area contributed by atoms with Gasteiger partial charge in [0.05, 0.1) is 20.8 Å². The van der Waals surface area contributed by atoms with Crippen molar-refractivity contribution in [1.29, 1.82) is 0 Å². The average molecular weight is 358 g/mol. The number of hydrogen-bond donors (Lipinski definition) is 0. The molecule has 0 amide bonds. The van der Waals surface area contributed by atoms with Gasteiger partial charge in [0.2, 0.25) is 0 Å². The Bertz CT molecular complexity index is 877. The lowest BCUT2D eigenvalue weighted by Crippen LogP contribution is -1.94. The zero-order valence-corrected chi connectivity index (χ0v) is 13.3. The minimum absolute atomic E-state index is 0.0300. The Morgan fingerprint density at radius 2 is 1.64 bits per heavy atom. The monoisotopic (exact) mass is 357 g/mol. The fourth-order valence-corrected chi connectivity index (χ4v) is 2.85. The van der Waals surface area contributed by atoms with Gasteiger partial charge in [0, 0.05) is 5.39 Å². The number of fused-ring (bicyclic) bond motifs is 1. The van der Waals surface area contributed by atoms with Crippen LogP contribution in [0.25, 0.3) is 10.8 Å². The van der Waals surface area contributed by atoms with Crippen LogP contribution in [-0.2, 0) is 0 Å². The lowest BCUT2D eigenvalue weighted by Gasteiger charge is -2.12. The third kappa shape index (κ3) is 2.55. The third-order valence-electron chi connectivity index (χ3n) is 3.43. The number of nitrogens with zero attached hydrogens (tertiary/aromatic N) is 1. The molecule has 0 aliphatic heterocycles. The lowest BCUT2D eigenvalue weighted by molar-refractivity contribution is -0.383. The highest BCUT2D eigenvalue weighted by Gasteiger charge is 2.19. The molecular formula is C17H12BrNO3. The van der Waals surface area contributed by atoms with E-state index >= 15 is 0 Å². The van der Waals surface area contributed by atoms with E-state index in [1.165, 1.54) is 6.07 Å². The Morgan fingerprint density at radius 3 is 2.32 bits per heavy atom. The zero-order chi connectivity index (χ0) is 15.7. The summed E-state index contributed by atoms with van der Waals surface area (Å²) in [5, 5.41) is 12.7. The van der Waals surface area contributed by atoms with Crippen molar-refractivity contribution in [3.63, 3.8) is 0 Å². The first-order valence-corrected chi connectivity index (χ1v) is 7.46. The number of hydrogen-bond acceptors (Lipinski definition) is 3. The summed E-state index contributed by atoms with van der Waals surface area (Å²) in [6, 6.07) is 16.2. The minimum Gasteiger partial charge on any atom is -0.456 e. The molecule has 0 aliphatic rings. The van der Waals surface area contributed by atoms with Gasteiger partial charge in [-0.25, -0.2) is 0 Å². The lowest BCUT2D eigenvalue weighted by atomic mass is 10.1. The molecule has 0 radical (unpaired) electrons. The number of halogens is 1. The van der Waals surface area contributed by atoms with Gasteiger partial charge in [-0.05, 0) is 40.5 Å². The van der Waals surface area contributed by atoms with Crippen LogP contribution in [0.5, 0.6) is 11.5 Å². The molecule has 110 valence electrons. The van der Waals surface area contributed by atoms with Gasteiger partial charge in [-0.15, -0.1) is 0 Å². The Hall–Kier alpha value is -2.40. The van der Waals surface area contributed by atoms with Crippen LogP contribution in [-0.4, -0.2) is 4.92 Å². The standard InChI is InChI=1S/C17H12BrNO3/c1-11-6-2-5-9-15(11)22-16-10-14(19(20)21)12-7-3-4-8-13(12)17(16)18/h2-10H,1H3. The number of nitro benzene ring substituents is 1. The van der Waals surface area contributed by atoms with Gasteiger partial charge in [0.15, 0.2) is 0 Å². The van der Waals surface area contributed by atoms with Crippen LogP contribution in [0.15, 0.2) is 59.1 Å². The molecule has 0 atom stereocenters. The van der Waals surface area contributed by atoms with Crippen molar-refractivity contribution in [3.05, 3.63) is 74.7 Å². The van der Waals surface area contributed by atoms with Gasteiger partial charge in [-0.2, -0.15) is 0 Å². The number of benzene rings is 3. The molecule has 0 aromatic heterocycles. The Labute approximate surface area is 135 Å². The minimum atomic E-state index is -0.389. The van der Waals surface area contributed by atoms with Gasteiger partial charge in [0.25, 0.3) is 5.69 Å². The first-order chi connectivity index (χ1) is 10.6. The predicted molar refractivity (Wildman–Crippen MR) is 89.6 cm³/mol. The highest BCUT2D eigenvalue weighted by Crippen LogP contribution is 2.41. The molecule has 0 aliphatic carbocycles. The van der Waals surface area contributed by atoms with Crippen LogP contribution >= 0.6 is 15.9 Å². The summed E-state index contributed by atoms with van der Waals surface area (Å²) < 4.78 is 6.59. The molecule has 5 heteroatoms. The largest absolute Gasteiger partial charge is 0.456 e. The molecule has 22 heavy (non-hydrogen) atoms. The molecule has 0 unspecified atom stereocenters. The molecule has 0 heterocycles. The van der Waals surface area contributed by atoms with Crippen molar-refractivity contribution in [2.24, 2.45) is 0 Å². The topological polar surface area (TPSA) is 52.4 Å². The van der Waals surface area contributed by atoms with E-state index in [1.807, 2.05) is 43.3 Å². The van der Waals surface area contributed by atoms with Gasteiger partial charge in [-0.1, -0.05) is 36.4 Å². The summed E-state index contributed by atoms with van der Waals surface area (Å²) in [5.74, 6) is 1.10. The third-order valence-corrected chi connectivity index (χ3v) is 4.25. The number of ether oxygens (including phenoxy) is 1. The van der Waals surface area contributed by atoms with Crippen molar-refractivity contribution in [2.75, 3.05) is 0 Å². The van der Waals surface area contributed by atoms with Crippen molar-refractivity contribution in [3.8, 4) is 11.5 Å². The van der Waals surface area contributed by atoms with Gasteiger partial charge >= 0.3 is 0 Å². The Morgan fingerprint density at radius 1 is 1.00 bits per heavy atom. The van der Waals surface area contributed by atoms with E-state index < -0.39 is 0 Å². The number of para-hydroxylation sites is 1. The smallest absolute Gasteiger partial charge is 0.281 e. The highest BCUT2D eigenvalue weighted by molar-refractivity contribution is 9.10. The van der Waals surface area contributed by atoms with E-state index in [-0.39, 0.29) is 10.6 Å². The van der Waals surface area contributed by atoms with E-state index in [0.717, 1.165) is 10.9 Å². The molecule has 0 saturated carbocycles. The van der Waals surface area contributed by atoms with Crippen LogP contribution in [0.3, 0.4) is 0 Å². The fourth-order valence-electron chi connectivity index (χ4n) is 2.31. The van der Waals surface area contributed by atoms with Crippen LogP contribution in [0.4, 0.5) is 5.69 Å². The molecular weight excluding hydrogens is 346 g/mol. The first kappa shape index (κ1) is 14.5. The summed E-state index contributed by atoms with van der Waals surface area (Å²) in [5.41, 5.74) is 0.993. The number of nitro groups is 1. The predicted octanol–water partition coefficient (Wildman–Crippen LogP) is 5.61. The fraction of sp³-hybridized carbons (Fsp3) is 0.0588. The summed E-state index contributed by atoms with van der Waals surface area (Å²) in [6.07, 6.45) is 0. The zero-order valence-electron chi connectivity index (χ0n) is 11.7. The van der Waals surface area contributed by atoms with Crippen molar-refractivity contribution in [1.82, 2.24) is 0 Å². The Kier molecular flexibility index (Phi) is 3.81. The quantitative estimate of drug-likeness (QED) is 0.452. The summed E-state index contributed by atoms with van der Waals surface area (Å²) in [6.45, 7) is 1.93. The maximum absolute atomic E-state index is 11.3. The van der Waals surface area contributed by atoms with Crippen molar-refractivity contribution >= 4 is 32.4 Å². The Balaban J connectivity index is 2.20. The molecule has 3 aromatic rings. The van der Waals surface area contributed by atoms with Gasteiger partial charge < -0.3 is 4.74 Å². The van der Waals surface area contributed by atoms with Crippen LogP contribution in [0.1, 0.15) is 5.56 Å². The maximum atomic E-state index is 11.3. The van der Waals surface area contributed by atoms with Crippen LogP contribution in [0, 0.1) is 17.0 Å². The molecule has 0 N–H and O–H groups in total. The first-order valence-electron chi connectivity index (χ1n) is 6.67. The van der Waals surface area contributed by atoms with E-state index in [0.29, 0.717) is 21.4 Å². The summed E-state index contributed by atoms with van der Waals surface area (Å²) in [4.78, 5) is 10.9. The normalized spacial score (nSPS) is 10.6. The van der Waals surface area contributed by atoms with Crippen molar-refractivity contribution < 1.29 is 9.66 Å². The van der Waals surface area contributed by atoms with Crippen LogP contribution < -0.4 is 4.74 Å². The molecule has 0 fully saturated rings. The van der Waals surface area contributed by atoms with Crippen molar-refractivity contribution in [2.45, 2.75) is 6.92 Å². The second kappa shape index (κ2) is 5.77. The molecule has 0 bridgehead atoms. The van der Waals surface area contributed by atoms with Gasteiger partial charge in [-0.3, -0.25) is 10.1 Å². The second-order valence-corrected chi connectivity index (χ2v) is 5.67. The van der Waals surface area contributed by atoms with Gasteiger partial charge in [0.1, 0.15) is 11.5 Å². The number of rotatable bonds is 3. The van der Waals surface area contributed by atoms with Crippen LogP contribution in [0.2, 0.25) is 0 Å². The second-order valence-electron chi connectivity index (χ2n) is 4.88. The molecule has 0 spiro atoms. The van der Waals surface area contributed by atoms with E-state index in [9.17, 15) is 10.1 Å². The molecule has 4 nitrogen and oxygen atoms in total. The average Bonchev–Trinajstić information content (AvgIpc) is 2.52. The highest BCUT2D eigenvalue weighted by atomic mass is 79.9. The number of non-ortho nitro benzene ring substituents is 1. The summed E-state index contributed by atoms with van der Waals surface area (Å²) in [7, 11) is 0. The summed E-state index contributed by atoms with van der Waals surface area (Å²) >= 11 is 3.50. The molecule has 3 rings (SSSR count). The SMILES string of the molecule is Cc1ccccc1Oc1cc([N+](=O)[O-])c2ccccc2c1Br. The van der Waals surface area contributed by atoms with E-state index in [1.54, 1.807) is 12.1 Å². The number of aryl methyl sites for hydroxylation is 1. The van der Waals surface area contributed by atoms with E-state index in [4.69, 9.17) is 4.74 Å². The van der Waals surface area contributed by atoms with E-state index in [2.05, 4.69) is 15.9 Å².